The Morgan fingerprint density at radius 2 is 1.75 bits per heavy atom. The van der Waals surface area contributed by atoms with Gasteiger partial charge in [-0.25, -0.2) is 9.10 Å². The van der Waals surface area contributed by atoms with E-state index in [4.69, 9.17) is 8.92 Å². The molecule has 0 heterocycles. The van der Waals surface area contributed by atoms with Crippen molar-refractivity contribution in [3.63, 3.8) is 0 Å². The standard InChI is InChI=1S/C21H26N2O4S/c1-15(2)20(21(24)26-5)23(14-17-8-6-7-9-19(17)22-4)28(25)27-18-12-10-16(3)11-13-18/h6-13,22H,14H2,1-5H3. The number of ether oxygens (including phenoxy) is 1. The van der Waals surface area contributed by atoms with Gasteiger partial charge >= 0.3 is 17.2 Å². The summed E-state index contributed by atoms with van der Waals surface area (Å²) in [4.78, 5) is 12.4. The molecule has 2 rings (SSSR count). The number of hydrogen-bond acceptors (Lipinski definition) is 5. The summed E-state index contributed by atoms with van der Waals surface area (Å²) in [5, 5.41) is 3.11. The molecule has 2 aromatic rings. The molecular weight excluding hydrogens is 376 g/mol. The Morgan fingerprint density at radius 1 is 1.11 bits per heavy atom. The molecule has 0 aliphatic heterocycles. The van der Waals surface area contributed by atoms with E-state index in [0.717, 1.165) is 16.8 Å². The predicted molar refractivity (Wildman–Crippen MR) is 112 cm³/mol. The number of para-hydroxylation sites is 1. The van der Waals surface area contributed by atoms with Crippen molar-refractivity contribution in [1.82, 2.24) is 4.31 Å². The first-order valence-corrected chi connectivity index (χ1v) is 9.86. The number of aryl methyl sites for hydroxylation is 1. The quantitative estimate of drug-likeness (QED) is 0.535. The van der Waals surface area contributed by atoms with Crippen LogP contribution in [0.2, 0.25) is 0 Å². The van der Waals surface area contributed by atoms with E-state index in [-0.39, 0.29) is 12.2 Å². The summed E-state index contributed by atoms with van der Waals surface area (Å²) in [6, 6.07) is 14.8. The summed E-state index contributed by atoms with van der Waals surface area (Å²) in [6.45, 7) is 5.70. The number of methoxy groups -OCH3 is 1. The van der Waals surface area contributed by atoms with E-state index in [1.165, 1.54) is 11.4 Å². The number of carbonyl (C=O) groups excluding carboxylic acids is 1. The highest BCUT2D eigenvalue weighted by atomic mass is 32.2. The molecule has 0 saturated heterocycles. The monoisotopic (exact) mass is 402 g/mol. The molecule has 0 aromatic heterocycles. The number of anilines is 1. The molecule has 0 fully saturated rings. The Balaban J connectivity index is 2.42. The van der Waals surface area contributed by atoms with E-state index >= 15 is 0 Å². The first-order chi connectivity index (χ1) is 13.4. The third kappa shape index (κ3) is 5.36. The molecule has 0 aliphatic carbocycles. The fourth-order valence-electron chi connectivity index (χ4n) is 2.64. The van der Waals surface area contributed by atoms with E-state index in [1.807, 2.05) is 50.4 Å². The molecule has 0 radical (unpaired) electrons. The average molecular weight is 403 g/mol. The van der Waals surface area contributed by atoms with Crippen LogP contribution in [0.25, 0.3) is 0 Å². The van der Waals surface area contributed by atoms with Gasteiger partial charge in [-0.05, 0) is 50.1 Å². The topological polar surface area (TPSA) is 67.9 Å². The highest BCUT2D eigenvalue weighted by Crippen LogP contribution is 2.24. The van der Waals surface area contributed by atoms with Gasteiger partial charge in [-0.1, -0.05) is 35.9 Å². The Kier molecular flexibility index (Phi) is 7.63. The molecule has 28 heavy (non-hydrogen) atoms. The second-order valence-corrected chi connectivity index (χ2v) is 7.44. The maximum atomic E-state index is 13.1. The van der Waals surface area contributed by atoms with Crippen LogP contribution in [-0.4, -0.2) is 28.6 Å². The van der Waals surface area contributed by atoms with Gasteiger partial charge in [0.1, 0.15) is 11.4 Å². The van der Waals surface area contributed by atoms with E-state index in [2.05, 4.69) is 5.32 Å². The molecule has 0 spiro atoms. The van der Waals surface area contributed by atoms with Crippen LogP contribution >= 0.6 is 0 Å². The Morgan fingerprint density at radius 3 is 2.32 bits per heavy atom. The van der Waals surface area contributed by atoms with Gasteiger partial charge in [-0.2, -0.15) is 4.21 Å². The number of nitrogens with one attached hydrogen (secondary N) is 1. The number of rotatable bonds is 8. The molecule has 1 unspecified atom stereocenters. The van der Waals surface area contributed by atoms with Crippen LogP contribution < -0.4 is 9.50 Å². The van der Waals surface area contributed by atoms with Gasteiger partial charge in [0.05, 0.1) is 13.7 Å². The zero-order valence-corrected chi connectivity index (χ0v) is 17.6. The number of nitrogens with zero attached hydrogens (tertiary/aromatic N) is 1. The number of hydrogen-bond donors (Lipinski definition) is 1. The Bertz CT molecular complexity index is 874. The molecule has 2 aromatic carbocycles. The van der Waals surface area contributed by atoms with Crippen molar-refractivity contribution < 1.29 is 17.9 Å². The lowest BCUT2D eigenvalue weighted by atomic mass is 10.1. The zero-order chi connectivity index (χ0) is 20.7. The third-order valence-corrected chi connectivity index (χ3v) is 5.08. The van der Waals surface area contributed by atoms with Crippen molar-refractivity contribution in [3.05, 3.63) is 70.9 Å². The molecule has 6 nitrogen and oxygen atoms in total. The van der Waals surface area contributed by atoms with Gasteiger partial charge in [0.25, 0.3) is 0 Å². The molecular formula is C21H26N2O4S. The molecule has 0 bridgehead atoms. The minimum atomic E-state index is -1.95. The molecule has 0 amide bonds. The first-order valence-electron chi connectivity index (χ1n) is 8.83. The van der Waals surface area contributed by atoms with E-state index in [9.17, 15) is 9.00 Å². The summed E-state index contributed by atoms with van der Waals surface area (Å²) in [6.07, 6.45) is 0. The largest absolute Gasteiger partial charge is 0.464 e. The number of carbonyl (C=O) groups is 1. The van der Waals surface area contributed by atoms with Crippen molar-refractivity contribution in [2.24, 2.45) is 0 Å². The highest BCUT2D eigenvalue weighted by molar-refractivity contribution is 7.78. The molecule has 1 N–H and O–H groups in total. The lowest BCUT2D eigenvalue weighted by Crippen LogP contribution is -2.33. The van der Waals surface area contributed by atoms with Crippen molar-refractivity contribution in [2.75, 3.05) is 19.5 Å². The van der Waals surface area contributed by atoms with Crippen LogP contribution in [0.15, 0.2) is 59.8 Å². The van der Waals surface area contributed by atoms with Gasteiger partial charge in [0.15, 0.2) is 0 Å². The lowest BCUT2D eigenvalue weighted by molar-refractivity contribution is -0.137. The smallest absolute Gasteiger partial charge is 0.355 e. The number of benzene rings is 2. The van der Waals surface area contributed by atoms with Gasteiger partial charge in [-0.15, -0.1) is 0 Å². The SMILES string of the molecule is CNc1ccccc1CN(C(C(=O)OC)=C(C)C)S(=O)Oc1ccc(C)cc1. The summed E-state index contributed by atoms with van der Waals surface area (Å²) in [5.74, 6) is -0.114. The summed E-state index contributed by atoms with van der Waals surface area (Å²) >= 11 is -1.95. The second kappa shape index (κ2) is 9.94. The van der Waals surface area contributed by atoms with Crippen LogP contribution in [0, 0.1) is 6.92 Å². The van der Waals surface area contributed by atoms with Crippen LogP contribution in [0.4, 0.5) is 5.69 Å². The summed E-state index contributed by atoms with van der Waals surface area (Å²) in [5.41, 5.74) is 3.69. The van der Waals surface area contributed by atoms with Crippen LogP contribution in [0.3, 0.4) is 0 Å². The Labute approximate surface area is 169 Å². The third-order valence-electron chi connectivity index (χ3n) is 4.07. The minimum Gasteiger partial charge on any atom is -0.464 e. The molecule has 0 saturated carbocycles. The number of allylic oxidation sites excluding steroid dienone is 1. The van der Waals surface area contributed by atoms with Crippen molar-refractivity contribution >= 4 is 22.9 Å². The van der Waals surface area contributed by atoms with Crippen LogP contribution in [0.1, 0.15) is 25.0 Å². The van der Waals surface area contributed by atoms with Gasteiger partial charge in [0, 0.05) is 12.7 Å². The molecule has 150 valence electrons. The molecule has 1 atom stereocenters. The van der Waals surface area contributed by atoms with Gasteiger partial charge in [0.2, 0.25) is 0 Å². The first kappa shape index (κ1) is 21.5. The Hall–Kier alpha value is -2.80. The predicted octanol–water partition coefficient (Wildman–Crippen LogP) is 3.96. The normalized spacial score (nSPS) is 11.3. The molecule has 0 aliphatic rings. The van der Waals surface area contributed by atoms with Crippen molar-refractivity contribution in [2.45, 2.75) is 27.3 Å². The van der Waals surface area contributed by atoms with Crippen molar-refractivity contribution in [1.29, 1.82) is 0 Å². The maximum absolute atomic E-state index is 13.1. The second-order valence-electron chi connectivity index (χ2n) is 6.40. The van der Waals surface area contributed by atoms with Gasteiger partial charge in [-0.3, -0.25) is 0 Å². The number of esters is 1. The summed E-state index contributed by atoms with van der Waals surface area (Å²) < 4.78 is 25.1. The highest BCUT2D eigenvalue weighted by Gasteiger charge is 2.27. The zero-order valence-electron chi connectivity index (χ0n) is 16.8. The van der Waals surface area contributed by atoms with Crippen LogP contribution in [-0.2, 0) is 27.3 Å². The lowest BCUT2D eigenvalue weighted by Gasteiger charge is -2.25. The average Bonchev–Trinajstić information content (AvgIpc) is 2.69. The van der Waals surface area contributed by atoms with Crippen LogP contribution in [0.5, 0.6) is 5.75 Å². The summed E-state index contributed by atoms with van der Waals surface area (Å²) in [7, 11) is 3.11. The van der Waals surface area contributed by atoms with E-state index < -0.39 is 17.2 Å². The fourth-order valence-corrected chi connectivity index (χ4v) is 3.65. The fraction of sp³-hybridized carbons (Fsp3) is 0.286. The molecule has 7 heteroatoms. The van der Waals surface area contributed by atoms with E-state index in [1.54, 1.807) is 26.0 Å². The van der Waals surface area contributed by atoms with Crippen molar-refractivity contribution in [3.8, 4) is 5.75 Å². The van der Waals surface area contributed by atoms with E-state index in [0.29, 0.717) is 11.3 Å². The maximum Gasteiger partial charge on any atom is 0.355 e. The van der Waals surface area contributed by atoms with Gasteiger partial charge < -0.3 is 14.2 Å². The minimum absolute atomic E-state index is 0.200.